The second-order valence-electron chi connectivity index (χ2n) is 9.10. The Morgan fingerprint density at radius 1 is 1.00 bits per heavy atom. The fourth-order valence-electron chi connectivity index (χ4n) is 5.47. The third kappa shape index (κ3) is 4.31. The fourth-order valence-corrected chi connectivity index (χ4v) is 5.47. The maximum Gasteiger partial charge on any atom is 0.221 e. The molecule has 1 amide bonds. The number of benzene rings is 3. The monoisotopic (exact) mass is 438 g/mol. The van der Waals surface area contributed by atoms with E-state index >= 15 is 0 Å². The van der Waals surface area contributed by atoms with E-state index in [0.717, 1.165) is 60.7 Å². The zero-order chi connectivity index (χ0) is 22.8. The zero-order valence-corrected chi connectivity index (χ0v) is 18.9. The summed E-state index contributed by atoms with van der Waals surface area (Å²) in [6.45, 7) is 7.06. The Morgan fingerprint density at radius 3 is 2.52 bits per heavy atom. The maximum atomic E-state index is 11.6. The first-order chi connectivity index (χ1) is 16.1. The molecule has 1 unspecified atom stereocenters. The van der Waals surface area contributed by atoms with Gasteiger partial charge in [-0.25, -0.2) is 0 Å². The quantitative estimate of drug-likeness (QED) is 0.516. The Labute approximate surface area is 195 Å². The number of carbonyl (C=O) groups excluding carboxylic acids is 1. The molecule has 0 spiro atoms. The smallest absolute Gasteiger partial charge is 0.221 e. The predicted molar refractivity (Wildman–Crippen MR) is 132 cm³/mol. The SMILES string of the molecule is C=CCN1CCC(C2c3ccccc3Oc3cc(-c4ccccc4CC(N)=O)ccc32)CC1. The molecule has 4 nitrogen and oxygen atoms in total. The lowest BCUT2D eigenvalue weighted by molar-refractivity contribution is -0.117. The Kier molecular flexibility index (Phi) is 6.01. The van der Waals surface area contributed by atoms with E-state index in [4.69, 9.17) is 10.5 Å². The fraction of sp³-hybridized carbons (Fsp3) is 0.276. The molecule has 5 rings (SSSR count). The van der Waals surface area contributed by atoms with Crippen molar-refractivity contribution in [2.45, 2.75) is 25.2 Å². The minimum Gasteiger partial charge on any atom is -0.457 e. The Bertz CT molecular complexity index is 1180. The molecule has 0 aromatic heterocycles. The normalized spacial score (nSPS) is 18.1. The molecule has 2 heterocycles. The van der Waals surface area contributed by atoms with Crippen LogP contribution in [0.2, 0.25) is 0 Å². The molecule has 1 atom stereocenters. The summed E-state index contributed by atoms with van der Waals surface area (Å²) in [7, 11) is 0. The van der Waals surface area contributed by atoms with Crippen LogP contribution in [0.25, 0.3) is 11.1 Å². The highest BCUT2D eigenvalue weighted by Crippen LogP contribution is 2.50. The highest BCUT2D eigenvalue weighted by molar-refractivity contribution is 5.81. The largest absolute Gasteiger partial charge is 0.457 e. The van der Waals surface area contributed by atoms with E-state index < -0.39 is 0 Å². The number of hydrogen-bond donors (Lipinski definition) is 1. The molecule has 2 aliphatic rings. The number of piperidine rings is 1. The predicted octanol–water partition coefficient (Wildman–Crippen LogP) is 5.52. The van der Waals surface area contributed by atoms with Gasteiger partial charge < -0.3 is 10.5 Å². The van der Waals surface area contributed by atoms with Gasteiger partial charge in [-0.1, -0.05) is 60.7 Å². The van der Waals surface area contributed by atoms with Crippen molar-refractivity contribution in [3.63, 3.8) is 0 Å². The van der Waals surface area contributed by atoms with Gasteiger partial charge in [-0.2, -0.15) is 0 Å². The molecule has 0 radical (unpaired) electrons. The van der Waals surface area contributed by atoms with Crippen LogP contribution in [-0.4, -0.2) is 30.4 Å². The molecule has 0 bridgehead atoms. The molecule has 3 aromatic rings. The van der Waals surface area contributed by atoms with Crippen LogP contribution in [0.15, 0.2) is 79.4 Å². The van der Waals surface area contributed by atoms with Crippen LogP contribution in [0, 0.1) is 5.92 Å². The molecular formula is C29H30N2O2. The van der Waals surface area contributed by atoms with E-state index in [1.165, 1.54) is 11.1 Å². The lowest BCUT2D eigenvalue weighted by atomic mass is 9.74. The van der Waals surface area contributed by atoms with Gasteiger partial charge in [-0.3, -0.25) is 9.69 Å². The number of para-hydroxylation sites is 1. The Balaban J connectivity index is 1.52. The molecule has 4 heteroatoms. The molecule has 0 saturated carbocycles. The minimum atomic E-state index is -0.326. The van der Waals surface area contributed by atoms with Gasteiger partial charge in [0.15, 0.2) is 0 Å². The van der Waals surface area contributed by atoms with Gasteiger partial charge in [0.25, 0.3) is 0 Å². The van der Waals surface area contributed by atoms with Crippen LogP contribution < -0.4 is 10.5 Å². The lowest BCUT2D eigenvalue weighted by Crippen LogP contribution is -2.36. The molecule has 2 aliphatic heterocycles. The third-order valence-electron chi connectivity index (χ3n) is 7.01. The van der Waals surface area contributed by atoms with Crippen LogP contribution >= 0.6 is 0 Å². The molecule has 3 aromatic carbocycles. The van der Waals surface area contributed by atoms with Crippen molar-refractivity contribution in [1.29, 1.82) is 0 Å². The number of nitrogens with zero attached hydrogens (tertiary/aromatic N) is 1. The number of hydrogen-bond acceptors (Lipinski definition) is 3. The number of amides is 1. The van der Waals surface area contributed by atoms with Crippen molar-refractivity contribution >= 4 is 5.91 Å². The summed E-state index contributed by atoms with van der Waals surface area (Å²) in [6.07, 6.45) is 4.55. The molecule has 168 valence electrons. The van der Waals surface area contributed by atoms with Crippen molar-refractivity contribution in [2.24, 2.45) is 11.7 Å². The highest BCUT2D eigenvalue weighted by atomic mass is 16.5. The first-order valence-corrected chi connectivity index (χ1v) is 11.7. The summed E-state index contributed by atoms with van der Waals surface area (Å²) in [5, 5.41) is 0. The van der Waals surface area contributed by atoms with Gasteiger partial charge in [0.05, 0.1) is 6.42 Å². The van der Waals surface area contributed by atoms with Crippen LogP contribution in [0.4, 0.5) is 0 Å². The van der Waals surface area contributed by atoms with E-state index in [0.29, 0.717) is 11.8 Å². The highest BCUT2D eigenvalue weighted by Gasteiger charge is 2.35. The van der Waals surface area contributed by atoms with Gasteiger partial charge >= 0.3 is 0 Å². The van der Waals surface area contributed by atoms with Gasteiger partial charge in [-0.05, 0) is 60.7 Å². The van der Waals surface area contributed by atoms with Crippen LogP contribution in [-0.2, 0) is 11.2 Å². The van der Waals surface area contributed by atoms with Gasteiger partial charge in [-0.15, -0.1) is 6.58 Å². The molecule has 1 saturated heterocycles. The van der Waals surface area contributed by atoms with E-state index in [1.54, 1.807) is 0 Å². The van der Waals surface area contributed by atoms with Crippen molar-refractivity contribution in [1.82, 2.24) is 4.90 Å². The van der Waals surface area contributed by atoms with Crippen molar-refractivity contribution in [3.05, 3.63) is 96.1 Å². The molecule has 33 heavy (non-hydrogen) atoms. The molecular weight excluding hydrogens is 408 g/mol. The number of primary amides is 1. The second-order valence-corrected chi connectivity index (χ2v) is 9.10. The van der Waals surface area contributed by atoms with Crippen molar-refractivity contribution in [2.75, 3.05) is 19.6 Å². The number of fused-ring (bicyclic) bond motifs is 2. The number of likely N-dealkylation sites (tertiary alicyclic amines) is 1. The Morgan fingerprint density at radius 2 is 1.73 bits per heavy atom. The topological polar surface area (TPSA) is 55.6 Å². The van der Waals surface area contributed by atoms with Crippen LogP contribution in [0.5, 0.6) is 11.5 Å². The standard InChI is InChI=1S/C29H30N2O2/c1-2-15-31-16-13-20(14-17-31)29-24-9-5-6-10-26(24)33-27-18-22(11-12-25(27)29)23-8-4-3-7-21(23)19-28(30)32/h2-12,18,20,29H,1,13-17,19H2,(H2,30,32). The first-order valence-electron chi connectivity index (χ1n) is 11.7. The van der Waals surface area contributed by atoms with Crippen LogP contribution in [0.3, 0.4) is 0 Å². The summed E-state index contributed by atoms with van der Waals surface area (Å²) in [5.41, 5.74) is 11.0. The Hall–Kier alpha value is -3.37. The van der Waals surface area contributed by atoms with E-state index in [2.05, 4.69) is 47.9 Å². The summed E-state index contributed by atoms with van der Waals surface area (Å²) in [5.74, 6) is 2.44. The van der Waals surface area contributed by atoms with E-state index in [1.807, 2.05) is 36.4 Å². The molecule has 2 N–H and O–H groups in total. The summed E-state index contributed by atoms with van der Waals surface area (Å²) < 4.78 is 6.43. The van der Waals surface area contributed by atoms with E-state index in [9.17, 15) is 4.79 Å². The number of rotatable bonds is 6. The van der Waals surface area contributed by atoms with Gasteiger partial charge in [0.1, 0.15) is 11.5 Å². The summed E-state index contributed by atoms with van der Waals surface area (Å²) in [4.78, 5) is 14.1. The summed E-state index contributed by atoms with van der Waals surface area (Å²) in [6, 6.07) is 22.9. The second kappa shape index (κ2) is 9.24. The van der Waals surface area contributed by atoms with Gasteiger partial charge in [0, 0.05) is 23.6 Å². The first kappa shape index (κ1) is 21.5. The van der Waals surface area contributed by atoms with Crippen molar-refractivity contribution < 1.29 is 9.53 Å². The van der Waals surface area contributed by atoms with E-state index in [-0.39, 0.29) is 12.3 Å². The van der Waals surface area contributed by atoms with Crippen LogP contribution in [0.1, 0.15) is 35.4 Å². The number of ether oxygens (including phenoxy) is 1. The third-order valence-corrected chi connectivity index (χ3v) is 7.01. The molecule has 0 aliphatic carbocycles. The number of nitrogens with two attached hydrogens (primary N) is 1. The molecule has 1 fully saturated rings. The van der Waals surface area contributed by atoms with Crippen molar-refractivity contribution in [3.8, 4) is 22.6 Å². The maximum absolute atomic E-state index is 11.6. The van der Waals surface area contributed by atoms with Gasteiger partial charge in [0.2, 0.25) is 5.91 Å². The minimum absolute atomic E-state index is 0.225. The average molecular weight is 439 g/mol. The number of carbonyl (C=O) groups is 1. The lowest BCUT2D eigenvalue weighted by Gasteiger charge is -2.39. The zero-order valence-electron chi connectivity index (χ0n) is 18.9. The average Bonchev–Trinajstić information content (AvgIpc) is 2.83. The summed E-state index contributed by atoms with van der Waals surface area (Å²) >= 11 is 0.